The number of carbonyl (C=O) groups is 1. The average molecular weight is 312 g/mol. The minimum absolute atomic E-state index is 0.0164. The summed E-state index contributed by atoms with van der Waals surface area (Å²) in [6.45, 7) is 1.90. The van der Waals surface area contributed by atoms with Crippen LogP contribution >= 0.6 is 0 Å². The van der Waals surface area contributed by atoms with Gasteiger partial charge in [0.15, 0.2) is 0 Å². The molecule has 5 nitrogen and oxygen atoms in total. The number of ether oxygens (including phenoxy) is 2. The van der Waals surface area contributed by atoms with E-state index in [4.69, 9.17) is 9.47 Å². The van der Waals surface area contributed by atoms with Gasteiger partial charge >= 0.3 is 5.97 Å². The third-order valence-electron chi connectivity index (χ3n) is 4.92. The van der Waals surface area contributed by atoms with Crippen molar-refractivity contribution in [3.8, 4) is 5.75 Å². The Kier molecular flexibility index (Phi) is 3.56. The van der Waals surface area contributed by atoms with Crippen LogP contribution in [0.15, 0.2) is 42.7 Å². The summed E-state index contributed by atoms with van der Waals surface area (Å²) in [5.41, 5.74) is 1.12. The molecule has 23 heavy (non-hydrogen) atoms. The average Bonchev–Trinajstić information content (AvgIpc) is 3.05. The monoisotopic (exact) mass is 312 g/mol. The van der Waals surface area contributed by atoms with E-state index in [1.54, 1.807) is 6.20 Å². The topological polar surface area (TPSA) is 53.4 Å². The maximum Gasteiger partial charge on any atom is 0.309 e. The largest absolute Gasteiger partial charge is 0.493 e. The summed E-state index contributed by atoms with van der Waals surface area (Å²) in [4.78, 5) is 12.4. The molecule has 1 aromatic carbocycles. The zero-order valence-electron chi connectivity index (χ0n) is 13.0. The Bertz CT molecular complexity index is 698. The fraction of sp³-hybridized carbons (Fsp3) is 0.444. The zero-order chi connectivity index (χ0) is 15.7. The normalized spacial score (nSPS) is 24.8. The molecule has 2 atom stereocenters. The molecule has 120 valence electrons. The van der Waals surface area contributed by atoms with E-state index in [1.165, 1.54) is 5.56 Å². The summed E-state index contributed by atoms with van der Waals surface area (Å²) < 4.78 is 13.0. The van der Waals surface area contributed by atoms with Gasteiger partial charge in [-0.05, 0) is 25.0 Å². The summed E-state index contributed by atoms with van der Waals surface area (Å²) in [5.74, 6) is 0.840. The number of hydrogen-bond acceptors (Lipinski definition) is 4. The molecule has 1 saturated carbocycles. The van der Waals surface area contributed by atoms with E-state index in [9.17, 15) is 4.79 Å². The SMILES string of the molecule is O=C(OCCCn1cccn1)[C@H]1C[C@@]12CCOc1ccccc12. The van der Waals surface area contributed by atoms with Crippen molar-refractivity contribution in [3.63, 3.8) is 0 Å². The van der Waals surface area contributed by atoms with E-state index in [0.29, 0.717) is 13.2 Å². The Morgan fingerprint density at radius 2 is 2.30 bits per heavy atom. The standard InChI is InChI=1S/C18H20N2O3/c21-17(23-11-4-10-20-9-3-8-19-20)15-13-18(15)7-12-22-16-6-2-1-5-14(16)18/h1-3,5-6,8-9,15H,4,7,10-13H2/t15-,18-/m1/s1. The summed E-state index contributed by atoms with van der Waals surface area (Å²) in [6.07, 6.45) is 6.23. The molecule has 2 heterocycles. The molecule has 2 aromatic rings. The second kappa shape index (κ2) is 5.72. The van der Waals surface area contributed by atoms with Crippen LogP contribution in [0.1, 0.15) is 24.8 Å². The third kappa shape index (κ3) is 2.60. The number of rotatable bonds is 5. The zero-order valence-corrected chi connectivity index (χ0v) is 13.0. The van der Waals surface area contributed by atoms with Crippen LogP contribution in [-0.4, -0.2) is 29.0 Å². The van der Waals surface area contributed by atoms with Crippen LogP contribution in [0, 0.1) is 5.92 Å². The molecular formula is C18H20N2O3. The van der Waals surface area contributed by atoms with Crippen molar-refractivity contribution in [2.24, 2.45) is 5.92 Å². The van der Waals surface area contributed by atoms with E-state index in [0.717, 1.165) is 31.6 Å². The summed E-state index contributed by atoms with van der Waals surface area (Å²) in [7, 11) is 0. The van der Waals surface area contributed by atoms with Crippen molar-refractivity contribution in [3.05, 3.63) is 48.3 Å². The Morgan fingerprint density at radius 1 is 1.39 bits per heavy atom. The highest BCUT2D eigenvalue weighted by Crippen LogP contribution is 2.60. The molecule has 0 radical (unpaired) electrons. The van der Waals surface area contributed by atoms with E-state index < -0.39 is 0 Å². The molecule has 0 amide bonds. The predicted molar refractivity (Wildman–Crippen MR) is 84.1 cm³/mol. The van der Waals surface area contributed by atoms with Gasteiger partial charge in [-0.25, -0.2) is 0 Å². The van der Waals surface area contributed by atoms with Crippen molar-refractivity contribution in [2.45, 2.75) is 31.2 Å². The van der Waals surface area contributed by atoms with E-state index in [2.05, 4.69) is 11.2 Å². The highest BCUT2D eigenvalue weighted by Gasteiger charge is 2.61. The highest BCUT2D eigenvalue weighted by atomic mass is 16.5. The molecular weight excluding hydrogens is 292 g/mol. The first-order valence-corrected chi connectivity index (χ1v) is 8.16. The molecule has 1 spiro atoms. The molecule has 4 rings (SSSR count). The molecule has 0 bridgehead atoms. The molecule has 1 aromatic heterocycles. The number of benzene rings is 1. The summed E-state index contributed by atoms with van der Waals surface area (Å²) in [6, 6.07) is 9.95. The number of aromatic nitrogens is 2. The van der Waals surface area contributed by atoms with Crippen molar-refractivity contribution < 1.29 is 14.3 Å². The number of para-hydroxylation sites is 1. The highest BCUT2D eigenvalue weighted by molar-refractivity contribution is 5.80. The number of hydrogen-bond donors (Lipinski definition) is 0. The Labute approximate surface area is 135 Å². The Morgan fingerprint density at radius 3 is 3.17 bits per heavy atom. The third-order valence-corrected chi connectivity index (χ3v) is 4.92. The summed E-state index contributed by atoms with van der Waals surface area (Å²) in [5, 5.41) is 4.14. The van der Waals surface area contributed by atoms with Gasteiger partial charge in [-0.1, -0.05) is 18.2 Å². The maximum absolute atomic E-state index is 12.4. The lowest BCUT2D eigenvalue weighted by Gasteiger charge is -2.26. The van der Waals surface area contributed by atoms with E-state index >= 15 is 0 Å². The van der Waals surface area contributed by atoms with Gasteiger partial charge in [0.05, 0.1) is 19.1 Å². The van der Waals surface area contributed by atoms with Crippen LogP contribution in [-0.2, 0) is 21.5 Å². The molecule has 2 aliphatic rings. The number of fused-ring (bicyclic) bond motifs is 2. The lowest BCUT2D eigenvalue weighted by molar-refractivity contribution is -0.146. The van der Waals surface area contributed by atoms with Crippen LogP contribution in [0.2, 0.25) is 0 Å². The molecule has 5 heteroatoms. The van der Waals surface area contributed by atoms with E-state index in [1.807, 2.05) is 35.1 Å². The molecule has 1 aliphatic heterocycles. The maximum atomic E-state index is 12.4. The van der Waals surface area contributed by atoms with Gasteiger partial charge < -0.3 is 9.47 Å². The second-order valence-electron chi connectivity index (χ2n) is 6.30. The van der Waals surface area contributed by atoms with Crippen LogP contribution in [0.4, 0.5) is 0 Å². The summed E-state index contributed by atoms with van der Waals surface area (Å²) >= 11 is 0. The predicted octanol–water partition coefficient (Wildman–Crippen LogP) is 2.56. The van der Waals surface area contributed by atoms with Gasteiger partial charge in [0.1, 0.15) is 5.75 Å². The molecule has 1 fully saturated rings. The molecule has 0 saturated heterocycles. The molecule has 1 aliphatic carbocycles. The Balaban J connectivity index is 1.33. The fourth-order valence-corrected chi connectivity index (χ4v) is 3.60. The number of aryl methyl sites for hydroxylation is 1. The van der Waals surface area contributed by atoms with Crippen molar-refractivity contribution in [1.29, 1.82) is 0 Å². The van der Waals surface area contributed by atoms with Crippen LogP contribution < -0.4 is 4.74 Å². The van der Waals surface area contributed by atoms with Crippen molar-refractivity contribution in [1.82, 2.24) is 9.78 Å². The lowest BCUT2D eigenvalue weighted by atomic mass is 9.87. The van der Waals surface area contributed by atoms with Gasteiger partial charge in [-0.15, -0.1) is 0 Å². The quantitative estimate of drug-likeness (QED) is 0.629. The van der Waals surface area contributed by atoms with Crippen LogP contribution in [0.3, 0.4) is 0 Å². The van der Waals surface area contributed by atoms with Gasteiger partial charge in [0, 0.05) is 36.3 Å². The van der Waals surface area contributed by atoms with Gasteiger partial charge in [-0.3, -0.25) is 9.48 Å². The number of nitrogens with zero attached hydrogens (tertiary/aromatic N) is 2. The second-order valence-corrected chi connectivity index (χ2v) is 6.30. The molecule has 0 unspecified atom stereocenters. The minimum Gasteiger partial charge on any atom is -0.493 e. The Hall–Kier alpha value is -2.30. The van der Waals surface area contributed by atoms with E-state index in [-0.39, 0.29) is 17.3 Å². The minimum atomic E-state index is -0.0674. The van der Waals surface area contributed by atoms with Gasteiger partial charge in [-0.2, -0.15) is 5.10 Å². The van der Waals surface area contributed by atoms with Gasteiger partial charge in [0.25, 0.3) is 0 Å². The van der Waals surface area contributed by atoms with Crippen LogP contribution in [0.5, 0.6) is 5.75 Å². The van der Waals surface area contributed by atoms with Crippen LogP contribution in [0.25, 0.3) is 0 Å². The smallest absolute Gasteiger partial charge is 0.309 e. The van der Waals surface area contributed by atoms with Crippen molar-refractivity contribution in [2.75, 3.05) is 13.2 Å². The first-order chi connectivity index (χ1) is 11.3. The molecule has 0 N–H and O–H groups in total. The number of carbonyl (C=O) groups excluding carboxylic acids is 1. The first kappa shape index (κ1) is 14.3. The first-order valence-electron chi connectivity index (χ1n) is 8.16. The fourth-order valence-electron chi connectivity index (χ4n) is 3.60. The number of esters is 1. The lowest BCUT2D eigenvalue weighted by Crippen LogP contribution is -2.25. The van der Waals surface area contributed by atoms with Gasteiger partial charge in [0.2, 0.25) is 0 Å². The van der Waals surface area contributed by atoms with Crippen molar-refractivity contribution >= 4 is 5.97 Å².